The summed E-state index contributed by atoms with van der Waals surface area (Å²) in [6.45, 7) is 13.3. The summed E-state index contributed by atoms with van der Waals surface area (Å²) in [5.74, 6) is 0. The molecule has 1 aromatic heterocycles. The number of para-hydroxylation sites is 1. The second-order valence-corrected chi connectivity index (χ2v) is 14.8. The molecule has 0 bridgehead atoms. The first kappa shape index (κ1) is 19.4. The molecular weight excluding hydrogens is 399 g/mol. The van der Waals surface area contributed by atoms with Crippen LogP contribution in [0, 0.1) is 0 Å². The molecule has 3 nitrogen and oxygen atoms in total. The zero-order chi connectivity index (χ0) is 21.8. The van der Waals surface area contributed by atoms with Gasteiger partial charge in [0.25, 0.3) is 0 Å². The van der Waals surface area contributed by atoms with Crippen molar-refractivity contribution in [2.24, 2.45) is 0 Å². The summed E-state index contributed by atoms with van der Waals surface area (Å²) in [5, 5.41) is 5.12. The topological polar surface area (TPSA) is 31.6 Å². The van der Waals surface area contributed by atoms with Crippen LogP contribution in [0.25, 0.3) is 33.1 Å². The molecule has 0 N–H and O–H groups in total. The maximum atomic E-state index is 6.56. The van der Waals surface area contributed by atoms with Gasteiger partial charge in [-0.15, -0.1) is 0 Å². The van der Waals surface area contributed by atoms with Crippen LogP contribution in [0.15, 0.2) is 59.0 Å². The molecule has 4 aromatic rings. The Labute approximate surface area is 184 Å². The molecule has 6 rings (SSSR count). The summed E-state index contributed by atoms with van der Waals surface area (Å²) in [4.78, 5) is 0. The first-order valence-electron chi connectivity index (χ1n) is 11.1. The van der Waals surface area contributed by atoms with Crippen molar-refractivity contribution in [3.8, 4) is 11.1 Å². The van der Waals surface area contributed by atoms with Gasteiger partial charge in [-0.25, -0.2) is 0 Å². The fraction of sp³-hybridized carbons (Fsp3) is 0.308. The molecule has 5 heteroatoms. The van der Waals surface area contributed by atoms with E-state index in [1.54, 1.807) is 0 Å². The highest BCUT2D eigenvalue weighted by molar-refractivity contribution is 7.04. The maximum absolute atomic E-state index is 6.56. The molecule has 1 fully saturated rings. The van der Waals surface area contributed by atoms with Crippen molar-refractivity contribution < 1.29 is 13.7 Å². The van der Waals surface area contributed by atoms with Crippen LogP contribution < -0.4 is 15.8 Å². The van der Waals surface area contributed by atoms with Gasteiger partial charge >= 0.3 is 7.12 Å². The number of fused-ring (bicyclic) bond motifs is 7. The quantitative estimate of drug-likeness (QED) is 0.414. The Morgan fingerprint density at radius 2 is 1.45 bits per heavy atom. The van der Waals surface area contributed by atoms with E-state index in [0.717, 1.165) is 27.4 Å². The second kappa shape index (κ2) is 5.91. The van der Waals surface area contributed by atoms with Gasteiger partial charge in [0, 0.05) is 16.3 Å². The highest BCUT2D eigenvalue weighted by atomic mass is 28.3. The predicted molar refractivity (Wildman–Crippen MR) is 132 cm³/mol. The number of rotatable bonds is 1. The smallest absolute Gasteiger partial charge is 0.455 e. The fourth-order valence-corrected chi connectivity index (χ4v) is 8.31. The van der Waals surface area contributed by atoms with Gasteiger partial charge in [-0.2, -0.15) is 0 Å². The normalized spacial score (nSPS) is 20.4. The van der Waals surface area contributed by atoms with Crippen LogP contribution in [0.1, 0.15) is 27.7 Å². The zero-order valence-electron chi connectivity index (χ0n) is 19.0. The van der Waals surface area contributed by atoms with E-state index in [9.17, 15) is 0 Å². The Bertz CT molecular complexity index is 1370. The van der Waals surface area contributed by atoms with E-state index < -0.39 is 26.4 Å². The molecule has 3 aromatic carbocycles. The number of hydrogen-bond acceptors (Lipinski definition) is 3. The van der Waals surface area contributed by atoms with E-state index in [4.69, 9.17) is 13.7 Å². The van der Waals surface area contributed by atoms with Crippen molar-refractivity contribution in [1.29, 1.82) is 0 Å². The third-order valence-corrected chi connectivity index (χ3v) is 11.3. The Morgan fingerprint density at radius 3 is 2.19 bits per heavy atom. The molecule has 0 spiro atoms. The average molecular weight is 426 g/mol. The predicted octanol–water partition coefficient (Wildman–Crippen LogP) is 4.69. The highest BCUT2D eigenvalue weighted by Gasteiger charge is 2.53. The Kier molecular flexibility index (Phi) is 3.69. The summed E-state index contributed by atoms with van der Waals surface area (Å²) >= 11 is 0. The molecule has 156 valence electrons. The fourth-order valence-electron chi connectivity index (χ4n) is 5.24. The second-order valence-electron chi connectivity index (χ2n) is 10.4. The Morgan fingerprint density at radius 1 is 0.806 bits per heavy atom. The first-order valence-corrected chi connectivity index (χ1v) is 14.1. The summed E-state index contributed by atoms with van der Waals surface area (Å²) in [7, 11) is -2.30. The van der Waals surface area contributed by atoms with Crippen LogP contribution in [-0.2, 0) is 9.31 Å². The van der Waals surface area contributed by atoms with Crippen LogP contribution in [0.4, 0.5) is 0 Å². The highest BCUT2D eigenvalue weighted by Crippen LogP contribution is 2.41. The van der Waals surface area contributed by atoms with E-state index in [1.807, 2.05) is 6.07 Å². The number of benzene rings is 3. The Balaban J connectivity index is 1.73. The molecule has 31 heavy (non-hydrogen) atoms. The summed E-state index contributed by atoms with van der Waals surface area (Å²) in [5.41, 5.74) is 4.77. The first-order chi connectivity index (χ1) is 14.6. The van der Waals surface area contributed by atoms with Crippen molar-refractivity contribution >= 4 is 53.0 Å². The van der Waals surface area contributed by atoms with Crippen molar-refractivity contribution in [2.75, 3.05) is 0 Å². The number of furan rings is 1. The van der Waals surface area contributed by atoms with Gasteiger partial charge < -0.3 is 13.7 Å². The minimum atomic E-state index is -1.87. The minimum absolute atomic E-state index is 0.390. The molecule has 0 amide bonds. The van der Waals surface area contributed by atoms with E-state index in [2.05, 4.69) is 89.3 Å². The van der Waals surface area contributed by atoms with Gasteiger partial charge in [0.15, 0.2) is 0 Å². The lowest BCUT2D eigenvalue weighted by Crippen LogP contribution is -2.51. The van der Waals surface area contributed by atoms with Gasteiger partial charge in [0.2, 0.25) is 0 Å². The van der Waals surface area contributed by atoms with Crippen molar-refractivity contribution in [2.45, 2.75) is 52.0 Å². The Hall–Kier alpha value is -2.34. The monoisotopic (exact) mass is 426 g/mol. The largest absolute Gasteiger partial charge is 0.495 e. The van der Waals surface area contributed by atoms with E-state index >= 15 is 0 Å². The third kappa shape index (κ3) is 2.43. The van der Waals surface area contributed by atoms with Crippen LogP contribution in [0.5, 0.6) is 0 Å². The maximum Gasteiger partial charge on any atom is 0.495 e. The van der Waals surface area contributed by atoms with Crippen LogP contribution in [0.3, 0.4) is 0 Å². The lowest BCUT2D eigenvalue weighted by molar-refractivity contribution is 0.00578. The van der Waals surface area contributed by atoms with Gasteiger partial charge in [-0.1, -0.05) is 61.6 Å². The summed E-state index contributed by atoms with van der Waals surface area (Å²) in [6.07, 6.45) is 0. The van der Waals surface area contributed by atoms with E-state index in [-0.39, 0.29) is 0 Å². The SMILES string of the molecule is CC1(C)OB(c2cc3c(c4oc5ccccc5c24)-c2ccccc2[Si]3(C)C)OC1(C)C. The molecule has 2 aliphatic heterocycles. The van der Waals surface area contributed by atoms with Gasteiger partial charge in [0.1, 0.15) is 19.2 Å². The number of hydrogen-bond donors (Lipinski definition) is 0. The van der Waals surface area contributed by atoms with E-state index in [1.165, 1.54) is 21.5 Å². The van der Waals surface area contributed by atoms with Gasteiger partial charge in [-0.3, -0.25) is 0 Å². The lowest BCUT2D eigenvalue weighted by Gasteiger charge is -2.32. The van der Waals surface area contributed by atoms with Gasteiger partial charge in [-0.05, 0) is 55.2 Å². The zero-order valence-corrected chi connectivity index (χ0v) is 20.0. The lowest BCUT2D eigenvalue weighted by atomic mass is 9.75. The van der Waals surface area contributed by atoms with E-state index in [0.29, 0.717) is 0 Å². The molecule has 0 aliphatic carbocycles. The molecule has 2 aliphatic rings. The van der Waals surface area contributed by atoms with Crippen molar-refractivity contribution in [3.05, 3.63) is 54.6 Å². The third-order valence-electron chi connectivity index (χ3n) is 7.73. The standard InChI is InChI=1S/C26H27BO3Si/c1-25(2)26(3,4)30-27(29-25)18-15-21-23(17-12-8-10-14-20(17)31(21,5)6)24-22(18)16-11-7-9-13-19(16)28-24/h7-15H,1-6H3. The molecule has 0 saturated carbocycles. The van der Waals surface area contributed by atoms with Crippen molar-refractivity contribution in [3.63, 3.8) is 0 Å². The van der Waals surface area contributed by atoms with Crippen LogP contribution in [-0.4, -0.2) is 26.4 Å². The van der Waals surface area contributed by atoms with Crippen molar-refractivity contribution in [1.82, 2.24) is 0 Å². The summed E-state index contributed by atoms with van der Waals surface area (Å²) < 4.78 is 19.6. The van der Waals surface area contributed by atoms with Crippen LogP contribution in [0.2, 0.25) is 13.1 Å². The van der Waals surface area contributed by atoms with Gasteiger partial charge in [0.05, 0.1) is 11.2 Å². The minimum Gasteiger partial charge on any atom is -0.455 e. The molecule has 3 heterocycles. The molecule has 0 radical (unpaired) electrons. The van der Waals surface area contributed by atoms with Crippen LogP contribution >= 0.6 is 0 Å². The molecule has 0 unspecified atom stereocenters. The molecular formula is C26H27BO3Si. The molecule has 0 atom stereocenters. The summed E-state index contributed by atoms with van der Waals surface area (Å²) in [6, 6.07) is 19.5. The average Bonchev–Trinajstić information content (AvgIpc) is 3.28. The molecule has 1 saturated heterocycles.